The summed E-state index contributed by atoms with van der Waals surface area (Å²) in [5, 5.41) is 4.23. The van der Waals surface area contributed by atoms with Gasteiger partial charge in [0.05, 0.1) is 17.5 Å². The number of fused-ring (bicyclic) bond motifs is 1. The fourth-order valence-electron chi connectivity index (χ4n) is 3.32. The van der Waals surface area contributed by atoms with Gasteiger partial charge in [-0.05, 0) is 18.9 Å². The average Bonchev–Trinajstić information content (AvgIpc) is 3.06. The van der Waals surface area contributed by atoms with Crippen LogP contribution in [0.25, 0.3) is 22.4 Å². The number of nitrogens with one attached hydrogen (secondary N) is 2. The third kappa shape index (κ3) is 3.80. The lowest BCUT2D eigenvalue weighted by Gasteiger charge is -2.31. The summed E-state index contributed by atoms with van der Waals surface area (Å²) in [6.45, 7) is 0.738. The van der Waals surface area contributed by atoms with Gasteiger partial charge in [-0.2, -0.15) is 0 Å². The molecule has 4 heterocycles. The van der Waals surface area contributed by atoms with E-state index in [-0.39, 0.29) is 18.4 Å². The lowest BCUT2D eigenvalue weighted by molar-refractivity contribution is 0.328. The minimum Gasteiger partial charge on any atom is -0.363 e. The van der Waals surface area contributed by atoms with Crippen molar-refractivity contribution in [3.63, 3.8) is 0 Å². The van der Waals surface area contributed by atoms with Crippen molar-refractivity contribution in [1.82, 2.24) is 24.2 Å². The molecule has 0 aliphatic carbocycles. The number of aromatic amines is 1. The van der Waals surface area contributed by atoms with Crippen LogP contribution in [-0.2, 0) is 10.0 Å². The highest BCUT2D eigenvalue weighted by molar-refractivity contribution is 7.88. The highest BCUT2D eigenvalue weighted by Gasteiger charge is 2.27. The lowest BCUT2D eigenvalue weighted by Crippen LogP contribution is -2.44. The van der Waals surface area contributed by atoms with Gasteiger partial charge in [-0.3, -0.25) is 0 Å². The maximum atomic E-state index is 14.3. The van der Waals surface area contributed by atoms with E-state index in [2.05, 4.69) is 25.3 Å². The van der Waals surface area contributed by atoms with Gasteiger partial charge in [-0.25, -0.2) is 32.1 Å². The maximum absolute atomic E-state index is 14.3. The van der Waals surface area contributed by atoms with E-state index in [1.807, 2.05) is 0 Å². The molecular weight excluding hydrogens is 407 g/mol. The molecule has 8 nitrogen and oxygen atoms in total. The van der Waals surface area contributed by atoms with Crippen LogP contribution >= 0.6 is 11.6 Å². The van der Waals surface area contributed by atoms with Crippen LogP contribution < -0.4 is 5.32 Å². The second kappa shape index (κ2) is 7.26. The summed E-state index contributed by atoms with van der Waals surface area (Å²) in [5.41, 5.74) is 1.27. The van der Waals surface area contributed by atoms with Gasteiger partial charge in [0.2, 0.25) is 10.0 Å². The Morgan fingerprint density at radius 2 is 2.18 bits per heavy atom. The summed E-state index contributed by atoms with van der Waals surface area (Å²) in [5.74, 6) is -0.249. The van der Waals surface area contributed by atoms with E-state index in [0.29, 0.717) is 35.0 Å². The number of hydrogen-bond donors (Lipinski definition) is 2. The number of nitrogens with zero attached hydrogens (tertiary/aromatic N) is 4. The molecule has 2 N–H and O–H groups in total. The van der Waals surface area contributed by atoms with Gasteiger partial charge >= 0.3 is 0 Å². The zero-order chi connectivity index (χ0) is 19.9. The molecule has 148 valence electrons. The normalized spacial score (nSPS) is 18.5. The standard InChI is InChI=1S/C17H18ClFN6O2S/c1-28(26,27)25-4-2-3-11(9-25)23-17-14(19)8-22-16(24-17)13-7-21-15-12(13)5-10(18)6-20-15/h5-8,11H,2-4,9H2,1H3,(H,20,21)(H,22,23,24)/t11-/m0/s1. The van der Waals surface area contributed by atoms with Crippen LogP contribution in [0, 0.1) is 5.82 Å². The highest BCUT2D eigenvalue weighted by atomic mass is 35.5. The Morgan fingerprint density at radius 1 is 1.36 bits per heavy atom. The van der Waals surface area contributed by atoms with Gasteiger partial charge in [-0.1, -0.05) is 11.6 Å². The van der Waals surface area contributed by atoms with Crippen LogP contribution in [0.1, 0.15) is 12.8 Å². The Balaban J connectivity index is 1.63. The molecule has 28 heavy (non-hydrogen) atoms. The minimum absolute atomic E-state index is 0.0367. The number of H-pyrrole nitrogens is 1. The quantitative estimate of drug-likeness (QED) is 0.667. The van der Waals surface area contributed by atoms with Crippen LogP contribution in [-0.4, -0.2) is 58.0 Å². The number of halogens is 2. The molecule has 0 saturated carbocycles. The molecule has 0 amide bonds. The van der Waals surface area contributed by atoms with E-state index in [4.69, 9.17) is 11.6 Å². The Kier molecular flexibility index (Phi) is 4.94. The maximum Gasteiger partial charge on any atom is 0.211 e. The molecule has 0 spiro atoms. The van der Waals surface area contributed by atoms with Crippen molar-refractivity contribution in [1.29, 1.82) is 0 Å². The van der Waals surface area contributed by atoms with Crippen molar-refractivity contribution in [2.24, 2.45) is 0 Å². The Bertz CT molecular complexity index is 1140. The first-order valence-corrected chi connectivity index (χ1v) is 10.9. The topological polar surface area (TPSA) is 104 Å². The van der Waals surface area contributed by atoms with E-state index >= 15 is 0 Å². The molecule has 0 unspecified atom stereocenters. The number of rotatable bonds is 4. The summed E-state index contributed by atoms with van der Waals surface area (Å²) in [6, 6.07) is 1.50. The summed E-state index contributed by atoms with van der Waals surface area (Å²) in [7, 11) is -3.29. The van der Waals surface area contributed by atoms with Gasteiger partial charge in [0, 0.05) is 42.5 Å². The molecule has 1 saturated heterocycles. The fourth-order valence-corrected chi connectivity index (χ4v) is 4.39. The van der Waals surface area contributed by atoms with E-state index < -0.39 is 15.8 Å². The zero-order valence-electron chi connectivity index (χ0n) is 15.0. The predicted molar refractivity (Wildman–Crippen MR) is 105 cm³/mol. The molecule has 1 aliphatic heterocycles. The van der Waals surface area contributed by atoms with Crippen molar-refractivity contribution >= 4 is 38.5 Å². The van der Waals surface area contributed by atoms with Crippen LogP contribution in [0.15, 0.2) is 24.7 Å². The van der Waals surface area contributed by atoms with Crippen LogP contribution in [0.2, 0.25) is 5.02 Å². The number of piperidine rings is 1. The summed E-state index contributed by atoms with van der Waals surface area (Å²) in [4.78, 5) is 15.6. The summed E-state index contributed by atoms with van der Waals surface area (Å²) < 4.78 is 39.3. The lowest BCUT2D eigenvalue weighted by atomic mass is 10.1. The van der Waals surface area contributed by atoms with Crippen molar-refractivity contribution < 1.29 is 12.8 Å². The number of pyridine rings is 1. The molecule has 11 heteroatoms. The van der Waals surface area contributed by atoms with Crippen LogP contribution in [0.4, 0.5) is 10.2 Å². The number of hydrogen-bond acceptors (Lipinski definition) is 6. The van der Waals surface area contributed by atoms with Crippen molar-refractivity contribution in [3.8, 4) is 11.4 Å². The van der Waals surface area contributed by atoms with Gasteiger partial charge in [-0.15, -0.1) is 0 Å². The molecule has 1 fully saturated rings. The summed E-state index contributed by atoms with van der Waals surface area (Å²) in [6.07, 6.45) is 6.90. The fraction of sp³-hybridized carbons (Fsp3) is 0.353. The Morgan fingerprint density at radius 3 is 2.96 bits per heavy atom. The minimum atomic E-state index is -3.29. The first kappa shape index (κ1) is 19.0. The van der Waals surface area contributed by atoms with E-state index in [1.54, 1.807) is 12.3 Å². The molecule has 1 aliphatic rings. The number of anilines is 1. The first-order chi connectivity index (χ1) is 13.3. The summed E-state index contributed by atoms with van der Waals surface area (Å²) >= 11 is 6.03. The van der Waals surface area contributed by atoms with Crippen LogP contribution in [0.3, 0.4) is 0 Å². The number of aromatic nitrogens is 4. The van der Waals surface area contributed by atoms with Crippen molar-refractivity contribution in [2.45, 2.75) is 18.9 Å². The average molecular weight is 425 g/mol. The van der Waals surface area contributed by atoms with Crippen molar-refractivity contribution in [2.75, 3.05) is 24.7 Å². The monoisotopic (exact) mass is 424 g/mol. The van der Waals surface area contributed by atoms with E-state index in [1.165, 1.54) is 16.8 Å². The van der Waals surface area contributed by atoms with Gasteiger partial charge in [0.1, 0.15) is 5.65 Å². The second-order valence-electron chi connectivity index (χ2n) is 6.75. The highest BCUT2D eigenvalue weighted by Crippen LogP contribution is 2.28. The SMILES string of the molecule is CS(=O)(=O)N1CCC[C@H](Nc2nc(-c3c[nH]c4ncc(Cl)cc34)ncc2F)C1. The molecule has 4 rings (SSSR count). The van der Waals surface area contributed by atoms with E-state index in [0.717, 1.165) is 18.0 Å². The molecule has 0 radical (unpaired) electrons. The van der Waals surface area contributed by atoms with Gasteiger partial charge < -0.3 is 10.3 Å². The van der Waals surface area contributed by atoms with E-state index in [9.17, 15) is 12.8 Å². The third-order valence-electron chi connectivity index (χ3n) is 4.68. The largest absolute Gasteiger partial charge is 0.363 e. The van der Waals surface area contributed by atoms with Gasteiger partial charge in [0.25, 0.3) is 0 Å². The number of sulfonamides is 1. The molecule has 0 bridgehead atoms. The molecular formula is C17H18ClFN6O2S. The third-order valence-corrected chi connectivity index (χ3v) is 6.15. The van der Waals surface area contributed by atoms with Crippen molar-refractivity contribution in [3.05, 3.63) is 35.5 Å². The zero-order valence-corrected chi connectivity index (χ0v) is 16.6. The molecule has 1 atom stereocenters. The Labute approximate surface area is 166 Å². The smallest absolute Gasteiger partial charge is 0.211 e. The van der Waals surface area contributed by atoms with Crippen LogP contribution in [0.5, 0.6) is 0 Å². The first-order valence-electron chi connectivity index (χ1n) is 8.68. The second-order valence-corrected chi connectivity index (χ2v) is 9.17. The molecule has 3 aromatic rings. The van der Waals surface area contributed by atoms with Gasteiger partial charge in [0.15, 0.2) is 17.5 Å². The Hall–Kier alpha value is -2.30. The molecule has 0 aromatic carbocycles. The molecule has 3 aromatic heterocycles. The predicted octanol–water partition coefficient (Wildman–Crippen LogP) is 2.65.